The number of hydrogen-bond donors (Lipinski definition) is 1. The van der Waals surface area contributed by atoms with Gasteiger partial charge in [-0.1, -0.05) is 12.1 Å². The lowest BCUT2D eigenvalue weighted by Crippen LogP contribution is -3.00. The van der Waals surface area contributed by atoms with Crippen molar-refractivity contribution >= 4 is 43.2 Å². The van der Waals surface area contributed by atoms with Gasteiger partial charge >= 0.3 is 10.3 Å². The average Bonchev–Trinajstić information content (AvgIpc) is 2.72. The Morgan fingerprint density at radius 2 is 2.10 bits per heavy atom. The summed E-state index contributed by atoms with van der Waals surface area (Å²) in [5.74, 6) is 0. The molecule has 0 aliphatic carbocycles. The van der Waals surface area contributed by atoms with Gasteiger partial charge in [-0.3, -0.25) is 4.79 Å². The number of nitrogens with one attached hydrogen (secondary N) is 1. The fourth-order valence-electron chi connectivity index (χ4n) is 2.48. The van der Waals surface area contributed by atoms with Crippen molar-refractivity contribution in [2.45, 2.75) is 37.4 Å². The van der Waals surface area contributed by atoms with Crippen LogP contribution in [-0.2, 0) is 10.3 Å². The molecule has 0 unspecified atom stereocenters. The second-order valence-electron chi connectivity index (χ2n) is 5.55. The van der Waals surface area contributed by atoms with Crippen LogP contribution < -0.4 is 17.7 Å². The lowest BCUT2D eigenvalue weighted by molar-refractivity contribution is -0.109. The van der Waals surface area contributed by atoms with E-state index in [2.05, 4.69) is 44.3 Å². The molecule has 1 aliphatic heterocycles. The maximum Gasteiger partial charge on any atom is 0.309 e. The predicted molar refractivity (Wildman–Crippen MR) is 90.0 cm³/mol. The molecule has 2 heterocycles. The normalized spacial score (nSPS) is 14.5. The van der Waals surface area contributed by atoms with Crippen LogP contribution in [0.4, 0.5) is 5.69 Å². The van der Waals surface area contributed by atoms with Gasteiger partial charge in [0.05, 0.1) is 11.1 Å². The summed E-state index contributed by atoms with van der Waals surface area (Å²) in [6.45, 7) is 8.13. The molecule has 0 amide bonds. The molecule has 112 valence electrons. The molecule has 0 saturated carbocycles. The number of aryl methyl sites for hydroxylation is 1. The maximum atomic E-state index is 11.5. The quantitative estimate of drug-likeness (QED) is 0.482. The molecule has 1 aliphatic rings. The van der Waals surface area contributed by atoms with Crippen molar-refractivity contribution in [1.82, 2.24) is 0 Å². The minimum absolute atomic E-state index is 0. The van der Waals surface area contributed by atoms with E-state index in [1.165, 1.54) is 39.0 Å². The molecule has 6 heteroatoms. The second kappa shape index (κ2) is 5.88. The summed E-state index contributed by atoms with van der Waals surface area (Å²) in [6, 6.07) is 6.48. The highest BCUT2D eigenvalue weighted by Crippen LogP contribution is 2.53. The summed E-state index contributed by atoms with van der Waals surface area (Å²) in [7, 11) is 3.48. The number of rotatable bonds is 1. The molecular formula is C15H16ClNOS3. The zero-order valence-corrected chi connectivity index (χ0v) is 15.4. The van der Waals surface area contributed by atoms with Gasteiger partial charge in [0.2, 0.25) is 0 Å². The van der Waals surface area contributed by atoms with E-state index in [-0.39, 0.29) is 23.1 Å². The molecule has 1 aromatic heterocycles. The highest BCUT2D eigenvalue weighted by molar-refractivity contribution is 8.16. The predicted octanol–water partition coefficient (Wildman–Crippen LogP) is 2.37. The summed E-state index contributed by atoms with van der Waals surface area (Å²) in [6.07, 6.45) is 0. The largest absolute Gasteiger partial charge is 1.00 e. The number of anilines is 1. The highest BCUT2D eigenvalue weighted by atomic mass is 35.5. The molecule has 1 N–H and O–H groups in total. The molecule has 0 radical (unpaired) electrons. The van der Waals surface area contributed by atoms with Crippen LogP contribution in [0.5, 0.6) is 0 Å². The Bertz CT molecular complexity index is 709. The summed E-state index contributed by atoms with van der Waals surface area (Å²) in [4.78, 5) is 12.8. The van der Waals surface area contributed by atoms with E-state index in [4.69, 9.17) is 0 Å². The van der Waals surface area contributed by atoms with Crippen molar-refractivity contribution < 1.29 is 17.2 Å². The maximum absolute atomic E-state index is 11.5. The van der Waals surface area contributed by atoms with Gasteiger partial charge in [-0.05, 0) is 32.4 Å². The van der Waals surface area contributed by atoms with E-state index in [1.807, 2.05) is 0 Å². The first kappa shape index (κ1) is 16.7. The number of fused-ring (bicyclic) bond motifs is 3. The Morgan fingerprint density at radius 1 is 1.38 bits per heavy atom. The summed E-state index contributed by atoms with van der Waals surface area (Å²) >= 11 is 1.35. The Morgan fingerprint density at radius 3 is 2.76 bits per heavy atom. The van der Waals surface area contributed by atoms with Crippen molar-refractivity contribution in [2.24, 2.45) is 0 Å². The topological polar surface area (TPSA) is 29.1 Å². The van der Waals surface area contributed by atoms with E-state index in [0.29, 0.717) is 0 Å². The molecule has 0 spiro atoms. The van der Waals surface area contributed by atoms with Crippen molar-refractivity contribution in [1.29, 1.82) is 0 Å². The van der Waals surface area contributed by atoms with Crippen molar-refractivity contribution in [3.05, 3.63) is 28.6 Å². The van der Waals surface area contributed by atoms with Crippen LogP contribution in [0.2, 0.25) is 0 Å². The smallest absolute Gasteiger partial charge is 0.309 e. The minimum Gasteiger partial charge on any atom is -1.00 e. The van der Waals surface area contributed by atoms with E-state index in [1.54, 1.807) is 27.6 Å². The van der Waals surface area contributed by atoms with Crippen molar-refractivity contribution in [3.63, 3.8) is 0 Å². The molecule has 3 rings (SSSR count). The van der Waals surface area contributed by atoms with Gasteiger partial charge in [-0.25, -0.2) is 0 Å². The molecular weight excluding hydrogens is 342 g/mol. The van der Waals surface area contributed by atoms with Crippen LogP contribution in [0, 0.1) is 6.92 Å². The van der Waals surface area contributed by atoms with Crippen LogP contribution >= 0.6 is 32.4 Å². The lowest BCUT2D eigenvalue weighted by atomic mass is 9.89. The standard InChI is InChI=1S/C15H16NOS3.ClH/c1-8-5-6-10-11(7-8)16-15(3,4)13-12(10)14(20-19-13)18-9(2)17;/h5-7,16H,1-4H3;1H/q+1;/p-1. The second-order valence-corrected chi connectivity index (χ2v) is 9.15. The van der Waals surface area contributed by atoms with Crippen LogP contribution in [0.1, 0.15) is 31.2 Å². The molecule has 21 heavy (non-hydrogen) atoms. The van der Waals surface area contributed by atoms with Gasteiger partial charge in [0, 0.05) is 29.9 Å². The molecule has 1 aromatic carbocycles. The number of benzene rings is 1. The first-order valence-corrected chi connectivity index (χ1v) is 9.39. The van der Waals surface area contributed by atoms with Crippen molar-refractivity contribution in [2.75, 3.05) is 5.32 Å². The molecule has 2 aromatic rings. The summed E-state index contributed by atoms with van der Waals surface area (Å²) < 4.78 is 1.12. The van der Waals surface area contributed by atoms with E-state index in [0.717, 1.165) is 4.21 Å². The van der Waals surface area contributed by atoms with E-state index in [9.17, 15) is 4.79 Å². The highest BCUT2D eigenvalue weighted by Gasteiger charge is 2.40. The molecule has 0 saturated heterocycles. The fourth-order valence-corrected chi connectivity index (χ4v) is 6.89. The SMILES string of the molecule is CC(=O)Sc1[s+]sc2c1-c1ccc(C)cc1NC2(C)C.[Cl-]. The average molecular weight is 358 g/mol. The van der Waals surface area contributed by atoms with Gasteiger partial charge in [0.1, 0.15) is 4.88 Å². The Labute approximate surface area is 142 Å². The third kappa shape index (κ3) is 2.97. The number of carbonyl (C=O) groups is 1. The van der Waals surface area contributed by atoms with Crippen LogP contribution in [0.3, 0.4) is 0 Å². The zero-order chi connectivity index (χ0) is 14.5. The summed E-state index contributed by atoms with van der Waals surface area (Å²) in [5, 5.41) is 3.77. The van der Waals surface area contributed by atoms with E-state index < -0.39 is 0 Å². The molecule has 0 bridgehead atoms. The van der Waals surface area contributed by atoms with Gasteiger partial charge in [-0.2, -0.15) is 0 Å². The van der Waals surface area contributed by atoms with Crippen LogP contribution in [0.25, 0.3) is 11.1 Å². The van der Waals surface area contributed by atoms with Gasteiger partial charge in [0.25, 0.3) is 4.21 Å². The van der Waals surface area contributed by atoms with Gasteiger partial charge in [0.15, 0.2) is 15.5 Å². The van der Waals surface area contributed by atoms with Crippen molar-refractivity contribution in [3.8, 4) is 11.1 Å². The number of carbonyl (C=O) groups excluding carboxylic acids is 1. The monoisotopic (exact) mass is 357 g/mol. The fraction of sp³-hybridized carbons (Fsp3) is 0.333. The van der Waals surface area contributed by atoms with E-state index >= 15 is 0 Å². The van der Waals surface area contributed by atoms with Crippen LogP contribution in [-0.4, -0.2) is 5.12 Å². The number of thioether (sulfide) groups is 1. The van der Waals surface area contributed by atoms with Gasteiger partial charge < -0.3 is 17.7 Å². The first-order chi connectivity index (χ1) is 9.38. The third-order valence-electron chi connectivity index (χ3n) is 3.33. The molecule has 0 atom stereocenters. The molecule has 0 fully saturated rings. The first-order valence-electron chi connectivity index (χ1n) is 6.43. The van der Waals surface area contributed by atoms with Gasteiger partial charge in [-0.15, -0.1) is 0 Å². The lowest BCUT2D eigenvalue weighted by Gasteiger charge is -2.32. The Hall–Kier alpha value is -0.620. The Balaban J connectivity index is 0.00000161. The summed E-state index contributed by atoms with van der Waals surface area (Å²) in [5.41, 5.74) is 4.78. The Kier molecular flexibility index (Phi) is 4.69. The third-order valence-corrected chi connectivity index (χ3v) is 7.39. The minimum atomic E-state index is -0.0904. The number of halogens is 1. The number of hydrogen-bond acceptors (Lipinski definition) is 4. The zero-order valence-electron chi connectivity index (χ0n) is 12.2. The molecule has 2 nitrogen and oxygen atoms in total. The van der Waals surface area contributed by atoms with Crippen LogP contribution in [0.15, 0.2) is 22.4 Å².